The number of halogens is 1. The third-order valence-corrected chi connectivity index (χ3v) is 4.83. The van der Waals surface area contributed by atoms with E-state index in [2.05, 4.69) is 35.5 Å². The van der Waals surface area contributed by atoms with Crippen LogP contribution in [0.25, 0.3) is 0 Å². The van der Waals surface area contributed by atoms with Crippen molar-refractivity contribution in [1.29, 1.82) is 0 Å². The normalized spacial score (nSPS) is 29.0. The molecule has 0 bridgehead atoms. The van der Waals surface area contributed by atoms with Gasteiger partial charge in [0.1, 0.15) is 0 Å². The molecule has 1 N–H and O–H groups in total. The number of piperazine rings is 1. The van der Waals surface area contributed by atoms with E-state index in [1.54, 1.807) is 0 Å². The van der Waals surface area contributed by atoms with Gasteiger partial charge in [0.2, 0.25) is 0 Å². The second kappa shape index (κ2) is 5.20. The van der Waals surface area contributed by atoms with Gasteiger partial charge >= 0.3 is 0 Å². The molecule has 1 aliphatic heterocycles. The van der Waals surface area contributed by atoms with Gasteiger partial charge in [-0.25, -0.2) is 0 Å². The lowest BCUT2D eigenvalue weighted by Crippen LogP contribution is -2.52. The lowest BCUT2D eigenvalue weighted by Gasteiger charge is -2.41. The Balaban J connectivity index is 1.95. The van der Waals surface area contributed by atoms with Gasteiger partial charge in [0.15, 0.2) is 0 Å². The van der Waals surface area contributed by atoms with Crippen molar-refractivity contribution in [2.75, 3.05) is 26.7 Å². The van der Waals surface area contributed by atoms with Crippen LogP contribution in [-0.4, -0.2) is 37.6 Å². The molecule has 0 aromatic heterocycles. The Morgan fingerprint density at radius 3 is 3.11 bits per heavy atom. The molecule has 2 unspecified atom stereocenters. The quantitative estimate of drug-likeness (QED) is 0.839. The maximum absolute atomic E-state index is 6.46. The number of fused-ring (bicyclic) bond motifs is 1. The minimum absolute atomic E-state index is 0.595. The first kappa shape index (κ1) is 12.5. The van der Waals surface area contributed by atoms with Gasteiger partial charge in [0.25, 0.3) is 0 Å². The Labute approximate surface area is 114 Å². The lowest BCUT2D eigenvalue weighted by atomic mass is 9.78. The van der Waals surface area contributed by atoms with Crippen LogP contribution in [0, 0.1) is 0 Å². The zero-order valence-corrected chi connectivity index (χ0v) is 11.7. The van der Waals surface area contributed by atoms with Gasteiger partial charge in [0, 0.05) is 36.6 Å². The van der Waals surface area contributed by atoms with E-state index in [1.165, 1.54) is 30.4 Å². The summed E-state index contributed by atoms with van der Waals surface area (Å²) in [4.78, 5) is 2.50. The van der Waals surface area contributed by atoms with Gasteiger partial charge in [-0.3, -0.25) is 0 Å². The number of nitrogens with zero attached hydrogens (tertiary/aromatic N) is 1. The number of aryl methyl sites for hydroxylation is 1. The average Bonchev–Trinajstić information content (AvgIpc) is 2.39. The first-order valence-corrected chi connectivity index (χ1v) is 7.33. The van der Waals surface area contributed by atoms with Crippen molar-refractivity contribution >= 4 is 11.6 Å². The molecular weight excluding hydrogens is 244 g/mol. The largest absolute Gasteiger partial charge is 0.314 e. The molecule has 1 saturated heterocycles. The van der Waals surface area contributed by atoms with Crippen molar-refractivity contribution in [3.63, 3.8) is 0 Å². The van der Waals surface area contributed by atoms with Crippen molar-refractivity contribution in [3.8, 4) is 0 Å². The van der Waals surface area contributed by atoms with Crippen molar-refractivity contribution in [2.45, 2.75) is 31.2 Å². The molecule has 0 amide bonds. The zero-order valence-electron chi connectivity index (χ0n) is 11.0. The van der Waals surface area contributed by atoms with E-state index in [-0.39, 0.29) is 0 Å². The van der Waals surface area contributed by atoms with Crippen molar-refractivity contribution in [3.05, 3.63) is 34.3 Å². The summed E-state index contributed by atoms with van der Waals surface area (Å²) < 4.78 is 0. The molecule has 0 saturated carbocycles. The molecule has 98 valence electrons. The zero-order chi connectivity index (χ0) is 12.5. The van der Waals surface area contributed by atoms with Gasteiger partial charge in [-0.15, -0.1) is 0 Å². The average molecular weight is 265 g/mol. The third kappa shape index (κ3) is 2.18. The van der Waals surface area contributed by atoms with Gasteiger partial charge < -0.3 is 10.2 Å². The van der Waals surface area contributed by atoms with Crippen LogP contribution in [0.5, 0.6) is 0 Å². The summed E-state index contributed by atoms with van der Waals surface area (Å²) in [6.45, 7) is 3.34. The summed E-state index contributed by atoms with van der Waals surface area (Å²) in [6, 6.07) is 6.99. The highest BCUT2D eigenvalue weighted by molar-refractivity contribution is 6.31. The van der Waals surface area contributed by atoms with Gasteiger partial charge in [0.05, 0.1) is 0 Å². The first-order valence-electron chi connectivity index (χ1n) is 6.95. The summed E-state index contributed by atoms with van der Waals surface area (Å²) >= 11 is 6.46. The highest BCUT2D eigenvalue weighted by Crippen LogP contribution is 2.39. The second-order valence-electron chi connectivity index (χ2n) is 5.56. The lowest BCUT2D eigenvalue weighted by molar-refractivity contribution is 0.164. The molecule has 0 radical (unpaired) electrons. The van der Waals surface area contributed by atoms with Crippen LogP contribution in [-0.2, 0) is 6.42 Å². The van der Waals surface area contributed by atoms with Gasteiger partial charge in [-0.05, 0) is 43.5 Å². The molecular formula is C15H21ClN2. The molecule has 3 heteroatoms. The van der Waals surface area contributed by atoms with Crippen molar-refractivity contribution < 1.29 is 0 Å². The van der Waals surface area contributed by atoms with Crippen LogP contribution in [0.2, 0.25) is 5.02 Å². The van der Waals surface area contributed by atoms with Crippen molar-refractivity contribution in [1.82, 2.24) is 10.2 Å². The number of benzene rings is 1. The van der Waals surface area contributed by atoms with Crippen LogP contribution in [0.15, 0.2) is 18.2 Å². The molecule has 1 aliphatic carbocycles. The molecule has 2 atom stereocenters. The summed E-state index contributed by atoms with van der Waals surface area (Å²) in [7, 11) is 2.25. The number of nitrogens with one attached hydrogen (secondary N) is 1. The van der Waals surface area contributed by atoms with Gasteiger partial charge in [-0.2, -0.15) is 0 Å². The molecule has 3 rings (SSSR count). The second-order valence-corrected chi connectivity index (χ2v) is 5.97. The van der Waals surface area contributed by atoms with Gasteiger partial charge in [-0.1, -0.05) is 23.7 Å². The molecule has 1 fully saturated rings. The first-order chi connectivity index (χ1) is 8.77. The Morgan fingerprint density at radius 1 is 1.39 bits per heavy atom. The van der Waals surface area contributed by atoms with Crippen LogP contribution < -0.4 is 5.32 Å². The third-order valence-electron chi connectivity index (χ3n) is 4.50. The monoisotopic (exact) mass is 264 g/mol. The van der Waals surface area contributed by atoms with Crippen LogP contribution in [0.4, 0.5) is 0 Å². The summed E-state index contributed by atoms with van der Waals surface area (Å²) in [5.41, 5.74) is 2.89. The Morgan fingerprint density at radius 2 is 2.28 bits per heavy atom. The molecule has 0 spiro atoms. The summed E-state index contributed by atoms with van der Waals surface area (Å²) in [5.74, 6) is 0.597. The molecule has 2 nitrogen and oxygen atoms in total. The Bertz CT molecular complexity index is 433. The summed E-state index contributed by atoms with van der Waals surface area (Å²) in [5, 5.41) is 4.50. The van der Waals surface area contributed by atoms with Crippen LogP contribution >= 0.6 is 11.6 Å². The fraction of sp³-hybridized carbons (Fsp3) is 0.600. The fourth-order valence-electron chi connectivity index (χ4n) is 3.53. The number of rotatable bonds is 1. The van der Waals surface area contributed by atoms with E-state index >= 15 is 0 Å². The number of likely N-dealkylation sites (N-methyl/N-ethyl adjacent to an activating group) is 1. The molecule has 18 heavy (non-hydrogen) atoms. The topological polar surface area (TPSA) is 15.3 Å². The van der Waals surface area contributed by atoms with E-state index in [1.807, 2.05) is 0 Å². The molecule has 1 aromatic carbocycles. The molecule has 1 aromatic rings. The fourth-order valence-corrected chi connectivity index (χ4v) is 3.87. The number of hydrogen-bond acceptors (Lipinski definition) is 2. The Kier molecular flexibility index (Phi) is 3.60. The van der Waals surface area contributed by atoms with E-state index in [0.717, 1.165) is 24.7 Å². The maximum Gasteiger partial charge on any atom is 0.0444 e. The summed E-state index contributed by atoms with van der Waals surface area (Å²) in [6.07, 6.45) is 3.76. The minimum atomic E-state index is 0.595. The number of hydrogen-bond donors (Lipinski definition) is 1. The predicted octanol–water partition coefficient (Wildman–Crippen LogP) is 2.66. The van der Waals surface area contributed by atoms with E-state index in [9.17, 15) is 0 Å². The maximum atomic E-state index is 6.46. The minimum Gasteiger partial charge on any atom is -0.314 e. The standard InChI is InChI=1S/C15H21ClN2/c1-18-9-8-17-10-14(18)12-6-2-4-11-5-3-7-13(16)15(11)12/h3,5,7,12,14,17H,2,4,6,8-10H2,1H3. The Hall–Kier alpha value is -0.570. The smallest absolute Gasteiger partial charge is 0.0444 e. The molecule has 2 aliphatic rings. The van der Waals surface area contributed by atoms with Crippen molar-refractivity contribution in [2.24, 2.45) is 0 Å². The SMILES string of the molecule is CN1CCNCC1C1CCCc2cccc(Cl)c21. The predicted molar refractivity (Wildman–Crippen MR) is 76.4 cm³/mol. The highest BCUT2D eigenvalue weighted by atomic mass is 35.5. The van der Waals surface area contributed by atoms with E-state index in [4.69, 9.17) is 11.6 Å². The highest BCUT2D eigenvalue weighted by Gasteiger charge is 2.33. The molecule has 1 heterocycles. The van der Waals surface area contributed by atoms with E-state index in [0.29, 0.717) is 12.0 Å². The van der Waals surface area contributed by atoms with Crippen LogP contribution in [0.1, 0.15) is 29.9 Å². The van der Waals surface area contributed by atoms with E-state index < -0.39 is 0 Å². The van der Waals surface area contributed by atoms with Crippen LogP contribution in [0.3, 0.4) is 0 Å².